The lowest BCUT2D eigenvalue weighted by Crippen LogP contribution is -2.28. The van der Waals surface area contributed by atoms with Crippen molar-refractivity contribution in [2.75, 3.05) is 13.2 Å². The summed E-state index contributed by atoms with van der Waals surface area (Å²) in [6, 6.07) is 5.06. The Balaban J connectivity index is 2.45. The molecule has 1 amide bonds. The zero-order chi connectivity index (χ0) is 12.7. The molecule has 0 aliphatic rings. The van der Waals surface area contributed by atoms with Crippen LogP contribution in [-0.2, 0) is 9.53 Å². The van der Waals surface area contributed by atoms with E-state index in [9.17, 15) is 14.0 Å². The van der Waals surface area contributed by atoms with Gasteiger partial charge in [-0.3, -0.25) is 4.79 Å². The van der Waals surface area contributed by atoms with Crippen LogP contribution in [0.25, 0.3) is 0 Å². The Hall–Kier alpha value is -2.17. The minimum absolute atomic E-state index is 0.0709. The highest BCUT2D eigenvalue weighted by Gasteiger charge is 2.09. The topological polar surface area (TPSA) is 55.4 Å². The van der Waals surface area contributed by atoms with Gasteiger partial charge < -0.3 is 10.1 Å². The van der Waals surface area contributed by atoms with Crippen molar-refractivity contribution < 1.29 is 18.7 Å². The molecule has 0 aromatic heterocycles. The van der Waals surface area contributed by atoms with Gasteiger partial charge in [-0.05, 0) is 18.2 Å². The van der Waals surface area contributed by atoms with Crippen molar-refractivity contribution in [3.05, 3.63) is 48.3 Å². The summed E-state index contributed by atoms with van der Waals surface area (Å²) in [7, 11) is 0. The lowest BCUT2D eigenvalue weighted by Gasteiger charge is -2.04. The van der Waals surface area contributed by atoms with E-state index in [1.54, 1.807) is 0 Å². The zero-order valence-electron chi connectivity index (χ0n) is 9.11. The van der Waals surface area contributed by atoms with Gasteiger partial charge in [0.05, 0.1) is 5.56 Å². The maximum absolute atomic E-state index is 12.8. The molecule has 0 aliphatic heterocycles. The molecule has 0 spiro atoms. The third kappa shape index (κ3) is 4.46. The summed E-state index contributed by atoms with van der Waals surface area (Å²) < 4.78 is 17.5. The molecule has 5 heteroatoms. The number of esters is 1. The first-order chi connectivity index (χ1) is 8.13. The number of amides is 1. The number of hydrogen-bond acceptors (Lipinski definition) is 3. The van der Waals surface area contributed by atoms with Crippen molar-refractivity contribution in [1.82, 2.24) is 5.32 Å². The summed E-state index contributed by atoms with van der Waals surface area (Å²) in [5.41, 5.74) is 0.0709. The lowest BCUT2D eigenvalue weighted by atomic mass is 10.2. The third-order valence-electron chi connectivity index (χ3n) is 1.84. The fourth-order valence-electron chi connectivity index (χ4n) is 1.07. The molecule has 4 nitrogen and oxygen atoms in total. The van der Waals surface area contributed by atoms with Crippen molar-refractivity contribution in [1.29, 1.82) is 0 Å². The average molecular weight is 237 g/mol. The standard InChI is InChI=1S/C12H12FNO3/c1-2-6-14-11(15)8-17-12(16)9-4-3-5-10(13)7-9/h2-5,7H,1,6,8H2,(H,14,15). The van der Waals surface area contributed by atoms with Crippen molar-refractivity contribution >= 4 is 11.9 Å². The van der Waals surface area contributed by atoms with Crippen LogP contribution in [0, 0.1) is 5.82 Å². The molecule has 0 bridgehead atoms. The second-order valence-electron chi connectivity index (χ2n) is 3.18. The zero-order valence-corrected chi connectivity index (χ0v) is 9.11. The molecule has 1 aromatic carbocycles. The molecular formula is C12H12FNO3. The summed E-state index contributed by atoms with van der Waals surface area (Å²) in [5, 5.41) is 2.44. The van der Waals surface area contributed by atoms with Gasteiger partial charge in [-0.25, -0.2) is 9.18 Å². The number of rotatable bonds is 5. The second-order valence-corrected chi connectivity index (χ2v) is 3.18. The Morgan fingerprint density at radius 1 is 1.47 bits per heavy atom. The Morgan fingerprint density at radius 3 is 2.88 bits per heavy atom. The summed E-state index contributed by atoms with van der Waals surface area (Å²) in [4.78, 5) is 22.5. The molecule has 0 heterocycles. The van der Waals surface area contributed by atoms with Gasteiger partial charge in [-0.2, -0.15) is 0 Å². The summed E-state index contributed by atoms with van der Waals surface area (Å²) >= 11 is 0. The smallest absolute Gasteiger partial charge is 0.338 e. The molecule has 1 aromatic rings. The third-order valence-corrected chi connectivity index (χ3v) is 1.84. The van der Waals surface area contributed by atoms with Crippen LogP contribution < -0.4 is 5.32 Å². The van der Waals surface area contributed by atoms with Crippen LogP contribution in [0.5, 0.6) is 0 Å². The maximum atomic E-state index is 12.8. The van der Waals surface area contributed by atoms with E-state index < -0.39 is 24.3 Å². The first-order valence-corrected chi connectivity index (χ1v) is 4.94. The highest BCUT2D eigenvalue weighted by atomic mass is 19.1. The van der Waals surface area contributed by atoms with Crippen LogP contribution in [-0.4, -0.2) is 25.0 Å². The highest BCUT2D eigenvalue weighted by Crippen LogP contribution is 2.04. The van der Waals surface area contributed by atoms with Gasteiger partial charge in [0.1, 0.15) is 5.82 Å². The average Bonchev–Trinajstić information content (AvgIpc) is 2.33. The first-order valence-electron chi connectivity index (χ1n) is 4.94. The number of halogens is 1. The molecule has 90 valence electrons. The van der Waals surface area contributed by atoms with Gasteiger partial charge in [0.2, 0.25) is 0 Å². The quantitative estimate of drug-likeness (QED) is 0.620. The van der Waals surface area contributed by atoms with E-state index in [1.807, 2.05) is 0 Å². The Bertz CT molecular complexity index is 432. The molecule has 0 unspecified atom stereocenters. The fourth-order valence-corrected chi connectivity index (χ4v) is 1.07. The summed E-state index contributed by atoms with van der Waals surface area (Å²) in [5.74, 6) is -1.71. The van der Waals surface area contributed by atoms with Crippen LogP contribution >= 0.6 is 0 Å². The number of carbonyl (C=O) groups excluding carboxylic acids is 2. The number of nitrogens with one attached hydrogen (secondary N) is 1. The monoisotopic (exact) mass is 237 g/mol. The van der Waals surface area contributed by atoms with E-state index in [0.29, 0.717) is 6.54 Å². The van der Waals surface area contributed by atoms with E-state index in [2.05, 4.69) is 16.6 Å². The normalized spacial score (nSPS) is 9.47. The SMILES string of the molecule is C=CCNC(=O)COC(=O)c1cccc(F)c1. The van der Waals surface area contributed by atoms with Crippen LogP contribution in [0.4, 0.5) is 4.39 Å². The van der Waals surface area contributed by atoms with Gasteiger partial charge in [0.25, 0.3) is 5.91 Å². The van der Waals surface area contributed by atoms with E-state index in [-0.39, 0.29) is 5.56 Å². The van der Waals surface area contributed by atoms with Crippen LogP contribution in [0.1, 0.15) is 10.4 Å². The van der Waals surface area contributed by atoms with Crippen molar-refractivity contribution in [2.24, 2.45) is 0 Å². The Kier molecular flexibility index (Phi) is 4.87. The minimum atomic E-state index is -0.738. The van der Waals surface area contributed by atoms with Gasteiger partial charge >= 0.3 is 5.97 Å². The Labute approximate surface area is 98.1 Å². The van der Waals surface area contributed by atoms with E-state index >= 15 is 0 Å². The van der Waals surface area contributed by atoms with E-state index in [0.717, 1.165) is 6.07 Å². The fraction of sp³-hybridized carbons (Fsp3) is 0.167. The first kappa shape index (κ1) is 12.9. The van der Waals surface area contributed by atoms with Crippen molar-refractivity contribution in [3.63, 3.8) is 0 Å². The second kappa shape index (κ2) is 6.42. The molecule has 0 saturated heterocycles. The molecule has 0 saturated carbocycles. The van der Waals surface area contributed by atoms with Crippen LogP contribution in [0.15, 0.2) is 36.9 Å². The summed E-state index contributed by atoms with van der Waals surface area (Å²) in [6.07, 6.45) is 1.51. The maximum Gasteiger partial charge on any atom is 0.338 e. The molecule has 1 N–H and O–H groups in total. The lowest BCUT2D eigenvalue weighted by molar-refractivity contribution is -0.124. The van der Waals surface area contributed by atoms with Crippen LogP contribution in [0.3, 0.4) is 0 Å². The van der Waals surface area contributed by atoms with Gasteiger partial charge in [0.15, 0.2) is 6.61 Å². The molecule has 17 heavy (non-hydrogen) atoms. The van der Waals surface area contributed by atoms with Gasteiger partial charge in [-0.1, -0.05) is 12.1 Å². The molecule has 0 atom stereocenters. The number of hydrogen-bond donors (Lipinski definition) is 1. The largest absolute Gasteiger partial charge is 0.452 e. The van der Waals surface area contributed by atoms with Crippen molar-refractivity contribution in [3.8, 4) is 0 Å². The summed E-state index contributed by atoms with van der Waals surface area (Å²) in [6.45, 7) is 3.32. The molecular weight excluding hydrogens is 225 g/mol. The predicted molar refractivity (Wildman–Crippen MR) is 59.9 cm³/mol. The van der Waals surface area contributed by atoms with Crippen molar-refractivity contribution in [2.45, 2.75) is 0 Å². The van der Waals surface area contributed by atoms with Gasteiger partial charge in [-0.15, -0.1) is 6.58 Å². The van der Waals surface area contributed by atoms with E-state index in [1.165, 1.54) is 24.3 Å². The van der Waals surface area contributed by atoms with E-state index in [4.69, 9.17) is 0 Å². The number of benzene rings is 1. The van der Waals surface area contributed by atoms with Crippen LogP contribution in [0.2, 0.25) is 0 Å². The Morgan fingerprint density at radius 2 is 2.24 bits per heavy atom. The molecule has 0 fully saturated rings. The molecule has 0 radical (unpaired) electrons. The molecule has 0 aliphatic carbocycles. The highest BCUT2D eigenvalue weighted by molar-refractivity contribution is 5.91. The van der Waals surface area contributed by atoms with Gasteiger partial charge in [0, 0.05) is 6.54 Å². The number of ether oxygens (including phenoxy) is 1. The number of carbonyl (C=O) groups is 2. The molecule has 1 rings (SSSR count). The minimum Gasteiger partial charge on any atom is -0.452 e. The predicted octanol–water partition coefficient (Wildman–Crippen LogP) is 1.28.